The number of hydrogen-bond donors (Lipinski definition) is 3. The molecule has 2 unspecified atom stereocenters. The number of rotatable bonds is 7. The van der Waals surface area contributed by atoms with Crippen LogP contribution in [-0.2, 0) is 23.7 Å². The van der Waals surface area contributed by atoms with E-state index in [4.69, 9.17) is 23.7 Å². The molecule has 7 bridgehead atoms. The zero-order valence-electron chi connectivity index (χ0n) is 24.4. The predicted octanol–water partition coefficient (Wildman–Crippen LogP) is 0.716. The predicted molar refractivity (Wildman–Crippen MR) is 145 cm³/mol. The quantitative estimate of drug-likeness (QED) is 0.402. The van der Waals surface area contributed by atoms with E-state index >= 15 is 0 Å². The Hall–Kier alpha value is -1.63. The van der Waals surface area contributed by atoms with Gasteiger partial charge in [0.25, 0.3) is 0 Å². The first-order valence-corrected chi connectivity index (χ1v) is 14.8. The summed E-state index contributed by atoms with van der Waals surface area (Å²) in [6.07, 6.45) is -2.45. The molecule has 1 aromatic carbocycles. The van der Waals surface area contributed by atoms with Gasteiger partial charge in [-0.15, -0.1) is 0 Å². The lowest BCUT2D eigenvalue weighted by atomic mass is 9.43. The number of benzene rings is 1. The number of likely N-dealkylation sites (tertiary alicyclic amines) is 1. The summed E-state index contributed by atoms with van der Waals surface area (Å²) in [4.78, 5) is 15.8. The topological polar surface area (TPSA) is 127 Å². The molecule has 0 aromatic heterocycles. The zero-order valence-corrected chi connectivity index (χ0v) is 24.4. The van der Waals surface area contributed by atoms with Crippen molar-refractivity contribution in [2.75, 3.05) is 48.6 Å². The summed E-state index contributed by atoms with van der Waals surface area (Å²) >= 11 is 0. The molecular formula is C31H43NO9. The van der Waals surface area contributed by atoms with Crippen molar-refractivity contribution >= 4 is 5.97 Å². The van der Waals surface area contributed by atoms with Crippen LogP contribution in [0, 0.1) is 34.5 Å². The molecule has 3 N–H and O–H groups in total. The van der Waals surface area contributed by atoms with E-state index in [2.05, 4.69) is 11.9 Å². The average Bonchev–Trinajstić information content (AvgIpc) is 3.36. The molecule has 0 radical (unpaired) electrons. The molecule has 1 aromatic rings. The maximum absolute atomic E-state index is 13.5. The molecule has 10 heteroatoms. The van der Waals surface area contributed by atoms with E-state index < -0.39 is 58.8 Å². The first-order valence-electron chi connectivity index (χ1n) is 14.8. The fourth-order valence-electron chi connectivity index (χ4n) is 11.8. The van der Waals surface area contributed by atoms with Gasteiger partial charge in [-0.25, -0.2) is 4.79 Å². The Balaban J connectivity index is 1.46. The van der Waals surface area contributed by atoms with Crippen LogP contribution in [-0.4, -0.2) is 123 Å². The van der Waals surface area contributed by atoms with Crippen molar-refractivity contribution < 1.29 is 43.8 Å². The normalized spacial score (nSPS) is 52.9. The molecule has 1 heterocycles. The number of hydrogen-bond acceptors (Lipinski definition) is 10. The third-order valence-electron chi connectivity index (χ3n) is 12.5. The standard InChI is InChI=1S/C31H43NO9/c1-32-14-28(15-37-2)12-11-18(38-3)30-17-13-29(35)25(41-27(34)16-9-7-6-8-10-16)19(17)31(36,24(33)26(29)40-5)20(23(30)32)21(39-4)22(28)30/h6-10,17-26,33,35-36H,11-15H2,1-5H3/t17-,18+,19-,20?,21?,22-,23-,24+,25-,26+,28+,29-,30+,31-/m1/s1. The van der Waals surface area contributed by atoms with Crippen molar-refractivity contribution in [3.05, 3.63) is 35.9 Å². The molecule has 0 amide bonds. The lowest BCUT2D eigenvalue weighted by Crippen LogP contribution is -2.79. The molecule has 6 fully saturated rings. The van der Waals surface area contributed by atoms with Gasteiger partial charge < -0.3 is 43.9 Å². The SMILES string of the molecule is COC[C@@]12CC[C@H](OC)[C@@]34[C@@H]5C[C@@]6(O)[C@H](OC(=O)c7ccccc7)[C@@H]5[C@@](O)(C(C(OC)[C@H]13)[C@H]4N(C)C2)[C@@H](O)[C@@H]6OC. The monoisotopic (exact) mass is 573 g/mol. The van der Waals surface area contributed by atoms with Crippen molar-refractivity contribution in [1.82, 2.24) is 4.90 Å². The third-order valence-corrected chi connectivity index (χ3v) is 12.5. The summed E-state index contributed by atoms with van der Waals surface area (Å²) in [5, 5.41) is 37.6. The molecule has 1 aliphatic heterocycles. The molecule has 5 saturated carbocycles. The third kappa shape index (κ3) is 3.08. The van der Waals surface area contributed by atoms with Crippen LogP contribution in [0.25, 0.3) is 0 Å². The largest absolute Gasteiger partial charge is 0.455 e. The van der Waals surface area contributed by atoms with Crippen LogP contribution < -0.4 is 0 Å². The second-order valence-corrected chi connectivity index (χ2v) is 13.6. The van der Waals surface area contributed by atoms with E-state index in [0.717, 1.165) is 19.4 Å². The van der Waals surface area contributed by atoms with Crippen LogP contribution in [0.1, 0.15) is 29.6 Å². The number of carbonyl (C=O) groups excluding carboxylic acids is 1. The highest BCUT2D eigenvalue weighted by atomic mass is 16.6. The van der Waals surface area contributed by atoms with Crippen LogP contribution in [0.3, 0.4) is 0 Å². The van der Waals surface area contributed by atoms with Crippen LogP contribution in [0.15, 0.2) is 30.3 Å². The summed E-state index contributed by atoms with van der Waals surface area (Å²) in [6.45, 7) is 1.29. The highest BCUT2D eigenvalue weighted by molar-refractivity contribution is 5.89. The van der Waals surface area contributed by atoms with E-state index in [9.17, 15) is 20.1 Å². The number of methoxy groups -OCH3 is 4. The maximum Gasteiger partial charge on any atom is 0.338 e. The Bertz CT molecular complexity index is 1200. The molecular weight excluding hydrogens is 530 g/mol. The van der Waals surface area contributed by atoms with Crippen LogP contribution in [0.5, 0.6) is 0 Å². The number of aliphatic hydroxyl groups is 3. The van der Waals surface area contributed by atoms with Crippen molar-refractivity contribution in [3.8, 4) is 0 Å². The number of aliphatic hydroxyl groups excluding tert-OH is 1. The van der Waals surface area contributed by atoms with Crippen LogP contribution >= 0.6 is 0 Å². The number of fused-ring (bicyclic) bond motifs is 2. The van der Waals surface area contributed by atoms with Crippen molar-refractivity contribution in [2.45, 2.75) is 67.0 Å². The Morgan fingerprint density at radius 3 is 2.39 bits per heavy atom. The highest BCUT2D eigenvalue weighted by Crippen LogP contribution is 2.80. The summed E-state index contributed by atoms with van der Waals surface area (Å²) in [7, 11) is 8.65. The average molecular weight is 574 g/mol. The van der Waals surface area contributed by atoms with Gasteiger partial charge >= 0.3 is 5.97 Å². The summed E-state index contributed by atoms with van der Waals surface area (Å²) in [5.41, 5.74) is -3.95. The molecule has 6 aliphatic rings. The Morgan fingerprint density at radius 2 is 1.76 bits per heavy atom. The number of ether oxygens (including phenoxy) is 5. The molecule has 7 rings (SSSR count). The van der Waals surface area contributed by atoms with Gasteiger partial charge in [0.1, 0.15) is 29.5 Å². The second kappa shape index (κ2) is 9.19. The number of nitrogens with zero attached hydrogens (tertiary/aromatic N) is 1. The Labute approximate surface area is 240 Å². The first kappa shape index (κ1) is 28.2. The van der Waals surface area contributed by atoms with E-state index in [1.54, 1.807) is 45.6 Å². The lowest BCUT2D eigenvalue weighted by Gasteiger charge is -2.69. The Morgan fingerprint density at radius 1 is 1.02 bits per heavy atom. The van der Waals surface area contributed by atoms with E-state index in [1.165, 1.54) is 7.11 Å². The maximum atomic E-state index is 13.5. The Kier molecular flexibility index (Phi) is 6.31. The first-order chi connectivity index (χ1) is 19.6. The van der Waals surface area contributed by atoms with E-state index in [0.29, 0.717) is 12.2 Å². The van der Waals surface area contributed by atoms with Gasteiger partial charge in [0.2, 0.25) is 0 Å². The van der Waals surface area contributed by atoms with E-state index in [-0.39, 0.29) is 35.8 Å². The smallest absolute Gasteiger partial charge is 0.338 e. The molecule has 1 saturated heterocycles. The van der Waals surface area contributed by atoms with Gasteiger partial charge in [0, 0.05) is 69.6 Å². The van der Waals surface area contributed by atoms with Gasteiger partial charge in [0.05, 0.1) is 24.4 Å². The fraction of sp³-hybridized carbons (Fsp3) is 0.774. The van der Waals surface area contributed by atoms with Gasteiger partial charge in [-0.05, 0) is 44.4 Å². The highest BCUT2D eigenvalue weighted by Gasteiger charge is 2.90. The van der Waals surface area contributed by atoms with Crippen molar-refractivity contribution in [1.29, 1.82) is 0 Å². The van der Waals surface area contributed by atoms with E-state index in [1.807, 2.05) is 6.07 Å². The lowest BCUT2D eigenvalue weighted by molar-refractivity contribution is -0.313. The van der Waals surface area contributed by atoms with Crippen molar-refractivity contribution in [3.63, 3.8) is 0 Å². The molecule has 1 spiro atoms. The van der Waals surface area contributed by atoms with Crippen LogP contribution in [0.2, 0.25) is 0 Å². The summed E-state index contributed by atoms with van der Waals surface area (Å²) in [6, 6.07) is 8.46. The van der Waals surface area contributed by atoms with Gasteiger partial charge in [-0.2, -0.15) is 0 Å². The molecule has 226 valence electrons. The molecule has 41 heavy (non-hydrogen) atoms. The molecule has 5 aliphatic carbocycles. The molecule has 10 nitrogen and oxygen atoms in total. The molecule has 14 atom stereocenters. The minimum absolute atomic E-state index is 0.0644. The number of esters is 1. The fourth-order valence-corrected chi connectivity index (χ4v) is 11.8. The summed E-state index contributed by atoms with van der Waals surface area (Å²) < 4.78 is 30.6. The number of piperidine rings is 1. The second-order valence-electron chi connectivity index (χ2n) is 13.6. The minimum Gasteiger partial charge on any atom is -0.455 e. The minimum atomic E-state index is -1.76. The van der Waals surface area contributed by atoms with Gasteiger partial charge in [-0.3, -0.25) is 0 Å². The summed E-state index contributed by atoms with van der Waals surface area (Å²) in [5.74, 6) is -2.30. The van der Waals surface area contributed by atoms with Crippen LogP contribution in [0.4, 0.5) is 0 Å². The number of carbonyl (C=O) groups is 1. The van der Waals surface area contributed by atoms with Gasteiger partial charge in [0.15, 0.2) is 0 Å². The van der Waals surface area contributed by atoms with Gasteiger partial charge in [-0.1, -0.05) is 18.2 Å². The van der Waals surface area contributed by atoms with Crippen molar-refractivity contribution in [2.24, 2.45) is 34.5 Å². The zero-order chi connectivity index (χ0) is 29.1.